The van der Waals surface area contributed by atoms with Crippen LogP contribution in [0.2, 0.25) is 0 Å². The van der Waals surface area contributed by atoms with Gasteiger partial charge >= 0.3 is 0 Å². The minimum atomic E-state index is -0.438. The second kappa shape index (κ2) is 4.85. The van der Waals surface area contributed by atoms with E-state index < -0.39 is 5.82 Å². The molecule has 0 radical (unpaired) electrons. The van der Waals surface area contributed by atoms with E-state index in [1.54, 1.807) is 12.1 Å². The number of hydrogen-bond donors (Lipinski definition) is 0. The van der Waals surface area contributed by atoms with Crippen LogP contribution < -0.4 is 5.56 Å². The van der Waals surface area contributed by atoms with E-state index in [4.69, 9.17) is 0 Å². The van der Waals surface area contributed by atoms with Crippen LogP contribution in [0.25, 0.3) is 10.9 Å². The molecule has 3 rings (SSSR count). The Balaban J connectivity index is 2.07. The minimum Gasteiger partial charge on any atom is -0.294 e. The molecule has 0 aliphatic carbocycles. The zero-order valence-corrected chi connectivity index (χ0v) is 10.4. The third-order valence-electron chi connectivity index (χ3n) is 3.03. The van der Waals surface area contributed by atoms with E-state index in [1.807, 2.05) is 0 Å². The number of rotatable bonds is 2. The SMILES string of the molecule is O=c1c2ccc(F)cc2ncn1Cc1cccc(F)c1. The van der Waals surface area contributed by atoms with Crippen LogP contribution in [-0.4, -0.2) is 9.55 Å². The van der Waals surface area contributed by atoms with Gasteiger partial charge in [-0.05, 0) is 29.8 Å². The number of hydrogen-bond acceptors (Lipinski definition) is 2. The summed E-state index contributed by atoms with van der Waals surface area (Å²) in [7, 11) is 0. The molecule has 2 aromatic carbocycles. The second-order valence-corrected chi connectivity index (χ2v) is 4.47. The van der Waals surface area contributed by atoms with Gasteiger partial charge in [-0.25, -0.2) is 13.8 Å². The molecule has 0 saturated heterocycles. The monoisotopic (exact) mass is 272 g/mol. The van der Waals surface area contributed by atoms with Crippen LogP contribution in [-0.2, 0) is 6.54 Å². The summed E-state index contributed by atoms with van der Waals surface area (Å²) < 4.78 is 27.6. The molecule has 1 aromatic heterocycles. The maximum atomic E-state index is 13.1. The smallest absolute Gasteiger partial charge is 0.261 e. The van der Waals surface area contributed by atoms with Gasteiger partial charge in [0.15, 0.2) is 0 Å². The van der Waals surface area contributed by atoms with E-state index in [9.17, 15) is 13.6 Å². The summed E-state index contributed by atoms with van der Waals surface area (Å²) in [6, 6.07) is 9.85. The first-order valence-electron chi connectivity index (χ1n) is 6.02. The zero-order valence-electron chi connectivity index (χ0n) is 10.4. The van der Waals surface area contributed by atoms with Crippen molar-refractivity contribution in [3.63, 3.8) is 0 Å². The van der Waals surface area contributed by atoms with Crippen molar-refractivity contribution in [3.05, 3.63) is 76.3 Å². The van der Waals surface area contributed by atoms with Crippen LogP contribution in [0, 0.1) is 11.6 Å². The Bertz CT molecular complexity index is 843. The lowest BCUT2D eigenvalue weighted by atomic mass is 10.2. The van der Waals surface area contributed by atoms with Crippen LogP contribution in [0.4, 0.5) is 8.78 Å². The average Bonchev–Trinajstić information content (AvgIpc) is 2.42. The summed E-state index contributed by atoms with van der Waals surface area (Å²) in [4.78, 5) is 16.3. The topological polar surface area (TPSA) is 34.9 Å². The summed E-state index contributed by atoms with van der Waals surface area (Å²) in [5.41, 5.74) is 0.695. The van der Waals surface area contributed by atoms with Crippen molar-refractivity contribution < 1.29 is 8.78 Å². The van der Waals surface area contributed by atoms with Crippen LogP contribution in [0.3, 0.4) is 0 Å². The molecule has 0 spiro atoms. The molecule has 100 valence electrons. The normalized spacial score (nSPS) is 10.9. The van der Waals surface area contributed by atoms with Gasteiger partial charge in [-0.1, -0.05) is 12.1 Å². The Morgan fingerprint density at radius 2 is 1.85 bits per heavy atom. The molecule has 3 nitrogen and oxygen atoms in total. The Kier molecular flexibility index (Phi) is 3.02. The van der Waals surface area contributed by atoms with Crippen molar-refractivity contribution >= 4 is 10.9 Å². The van der Waals surface area contributed by atoms with E-state index in [1.165, 1.54) is 41.2 Å². The quantitative estimate of drug-likeness (QED) is 0.719. The van der Waals surface area contributed by atoms with E-state index in [0.717, 1.165) is 0 Å². The Morgan fingerprint density at radius 3 is 2.65 bits per heavy atom. The maximum absolute atomic E-state index is 13.1. The summed E-state index contributed by atoms with van der Waals surface area (Å²) in [5, 5.41) is 0.338. The van der Waals surface area contributed by atoms with Crippen molar-refractivity contribution in [2.45, 2.75) is 6.54 Å². The van der Waals surface area contributed by atoms with Crippen LogP contribution >= 0.6 is 0 Å². The third-order valence-corrected chi connectivity index (χ3v) is 3.03. The Morgan fingerprint density at radius 1 is 1.05 bits per heavy atom. The lowest BCUT2D eigenvalue weighted by molar-refractivity contribution is 0.622. The van der Waals surface area contributed by atoms with Gasteiger partial charge in [-0.15, -0.1) is 0 Å². The number of nitrogens with zero attached hydrogens (tertiary/aromatic N) is 2. The fourth-order valence-electron chi connectivity index (χ4n) is 2.08. The Hall–Kier alpha value is -2.56. The second-order valence-electron chi connectivity index (χ2n) is 4.47. The van der Waals surface area contributed by atoms with E-state index >= 15 is 0 Å². The lowest BCUT2D eigenvalue weighted by Gasteiger charge is -2.07. The van der Waals surface area contributed by atoms with Gasteiger partial charge in [0.2, 0.25) is 0 Å². The average molecular weight is 272 g/mol. The molecule has 0 aliphatic heterocycles. The fraction of sp³-hybridized carbons (Fsp3) is 0.0667. The van der Waals surface area contributed by atoms with Crippen molar-refractivity contribution in [2.24, 2.45) is 0 Å². The van der Waals surface area contributed by atoms with Gasteiger partial charge in [0.05, 0.1) is 23.8 Å². The number of aromatic nitrogens is 2. The molecule has 0 fully saturated rings. The Labute approximate surface area is 113 Å². The highest BCUT2D eigenvalue weighted by molar-refractivity contribution is 5.77. The zero-order chi connectivity index (χ0) is 14.1. The van der Waals surface area contributed by atoms with Gasteiger partial charge in [-0.2, -0.15) is 0 Å². The highest BCUT2D eigenvalue weighted by Gasteiger charge is 2.06. The third kappa shape index (κ3) is 2.30. The number of halogens is 2. The van der Waals surface area contributed by atoms with Crippen molar-refractivity contribution in [1.29, 1.82) is 0 Å². The highest BCUT2D eigenvalue weighted by Crippen LogP contribution is 2.10. The van der Waals surface area contributed by atoms with Gasteiger partial charge in [0.25, 0.3) is 5.56 Å². The van der Waals surface area contributed by atoms with E-state index in [0.29, 0.717) is 16.5 Å². The number of fused-ring (bicyclic) bond motifs is 1. The van der Waals surface area contributed by atoms with Crippen molar-refractivity contribution in [1.82, 2.24) is 9.55 Å². The first kappa shape index (κ1) is 12.5. The van der Waals surface area contributed by atoms with E-state index in [2.05, 4.69) is 4.98 Å². The van der Waals surface area contributed by atoms with Gasteiger partial charge in [0.1, 0.15) is 11.6 Å². The van der Waals surface area contributed by atoms with Crippen LogP contribution in [0.15, 0.2) is 53.6 Å². The maximum Gasteiger partial charge on any atom is 0.261 e. The first-order valence-corrected chi connectivity index (χ1v) is 6.02. The number of benzene rings is 2. The van der Waals surface area contributed by atoms with Gasteiger partial charge in [-0.3, -0.25) is 9.36 Å². The predicted octanol–water partition coefficient (Wildman–Crippen LogP) is 2.72. The molecule has 0 aliphatic rings. The highest BCUT2D eigenvalue weighted by atomic mass is 19.1. The molecule has 3 aromatic rings. The molecule has 0 bridgehead atoms. The predicted molar refractivity (Wildman–Crippen MR) is 71.5 cm³/mol. The molecule has 0 saturated carbocycles. The van der Waals surface area contributed by atoms with Crippen LogP contribution in [0.5, 0.6) is 0 Å². The first-order chi connectivity index (χ1) is 9.63. The molecule has 20 heavy (non-hydrogen) atoms. The molecule has 1 heterocycles. The molecular weight excluding hydrogens is 262 g/mol. The minimum absolute atomic E-state index is 0.219. The van der Waals surface area contributed by atoms with E-state index in [-0.39, 0.29) is 17.9 Å². The molecule has 5 heteroatoms. The molecular formula is C15H10F2N2O. The van der Waals surface area contributed by atoms with Gasteiger partial charge in [0, 0.05) is 6.07 Å². The van der Waals surface area contributed by atoms with Crippen LogP contribution in [0.1, 0.15) is 5.56 Å². The summed E-state index contributed by atoms with van der Waals surface area (Å²) >= 11 is 0. The molecule has 0 amide bonds. The molecule has 0 atom stereocenters. The van der Waals surface area contributed by atoms with Crippen molar-refractivity contribution in [2.75, 3.05) is 0 Å². The fourth-order valence-corrected chi connectivity index (χ4v) is 2.08. The summed E-state index contributed by atoms with van der Waals surface area (Å²) in [6.45, 7) is 0.219. The summed E-state index contributed by atoms with van der Waals surface area (Å²) in [6.07, 6.45) is 1.34. The standard InChI is InChI=1S/C15H10F2N2O/c16-11-3-1-2-10(6-11)8-19-9-18-14-7-12(17)4-5-13(14)15(19)20/h1-7,9H,8H2. The van der Waals surface area contributed by atoms with Gasteiger partial charge < -0.3 is 0 Å². The largest absolute Gasteiger partial charge is 0.294 e. The summed E-state index contributed by atoms with van der Waals surface area (Å²) in [5.74, 6) is -0.793. The lowest BCUT2D eigenvalue weighted by Crippen LogP contribution is -2.21. The molecule has 0 unspecified atom stereocenters. The molecule has 0 N–H and O–H groups in total. The van der Waals surface area contributed by atoms with Crippen molar-refractivity contribution in [3.8, 4) is 0 Å².